The number of hydrogen-bond acceptors (Lipinski definition) is 5. The van der Waals surface area contributed by atoms with E-state index in [1.165, 1.54) is 5.56 Å². The normalized spacial score (nSPS) is 14.1. The first-order chi connectivity index (χ1) is 13.2. The Kier molecular flexibility index (Phi) is 5.60. The van der Waals surface area contributed by atoms with Crippen molar-refractivity contribution < 1.29 is 4.74 Å². The van der Waals surface area contributed by atoms with E-state index < -0.39 is 0 Å². The molecule has 1 aliphatic rings. The summed E-state index contributed by atoms with van der Waals surface area (Å²) in [7, 11) is 0. The van der Waals surface area contributed by atoms with E-state index in [2.05, 4.69) is 14.9 Å². The lowest BCUT2D eigenvalue weighted by molar-refractivity contribution is 0.300. The fourth-order valence-electron chi connectivity index (χ4n) is 3.25. The van der Waals surface area contributed by atoms with Crippen molar-refractivity contribution in [2.45, 2.75) is 25.7 Å². The third-order valence-corrected chi connectivity index (χ3v) is 5.38. The van der Waals surface area contributed by atoms with Crippen molar-refractivity contribution >= 4 is 40.1 Å². The van der Waals surface area contributed by atoms with Gasteiger partial charge in [0.2, 0.25) is 0 Å². The lowest BCUT2D eigenvalue weighted by atomic mass is 10.1. The first kappa shape index (κ1) is 18.3. The summed E-state index contributed by atoms with van der Waals surface area (Å²) in [6.07, 6.45) is 7.76. The molecule has 3 heterocycles. The van der Waals surface area contributed by atoms with Gasteiger partial charge in [-0.15, -0.1) is 0 Å². The summed E-state index contributed by atoms with van der Waals surface area (Å²) in [4.78, 5) is 15.7. The molecule has 4 rings (SSSR count). The van der Waals surface area contributed by atoms with Gasteiger partial charge in [-0.2, -0.15) is 0 Å². The first-order valence-corrected chi connectivity index (χ1v) is 9.90. The minimum absolute atomic E-state index is 0.469. The molecule has 0 radical (unpaired) electrons. The predicted octanol–water partition coefficient (Wildman–Crippen LogP) is 4.94. The molecule has 0 atom stereocenters. The third-order valence-electron chi connectivity index (χ3n) is 4.66. The standard InChI is InChI=1S/C20H20Cl2N4O/c21-15-12-17-18(13-16(15)22)25-20(19(24-17)26-9-1-2-10-26)27-11-3-4-14-5-7-23-8-6-14/h5-8,12-13H,1-4,9-11H2. The lowest BCUT2D eigenvalue weighted by Crippen LogP contribution is -2.21. The number of anilines is 1. The number of aromatic nitrogens is 3. The number of pyridine rings is 1. The summed E-state index contributed by atoms with van der Waals surface area (Å²) in [5.74, 6) is 1.36. The van der Waals surface area contributed by atoms with Gasteiger partial charge in [-0.25, -0.2) is 9.97 Å². The summed E-state index contributed by atoms with van der Waals surface area (Å²) < 4.78 is 6.04. The monoisotopic (exact) mass is 402 g/mol. The average molecular weight is 403 g/mol. The van der Waals surface area contributed by atoms with Gasteiger partial charge >= 0.3 is 0 Å². The third kappa shape index (κ3) is 4.25. The summed E-state index contributed by atoms with van der Waals surface area (Å²) >= 11 is 12.3. The van der Waals surface area contributed by atoms with E-state index in [9.17, 15) is 0 Å². The minimum atomic E-state index is 0.469. The van der Waals surface area contributed by atoms with Crippen molar-refractivity contribution in [2.75, 3.05) is 24.6 Å². The highest BCUT2D eigenvalue weighted by Gasteiger charge is 2.21. The van der Waals surface area contributed by atoms with Gasteiger partial charge in [-0.3, -0.25) is 4.98 Å². The van der Waals surface area contributed by atoms with Gasteiger partial charge in [0.15, 0.2) is 5.82 Å². The highest BCUT2D eigenvalue weighted by molar-refractivity contribution is 6.42. The minimum Gasteiger partial charge on any atom is -0.475 e. The van der Waals surface area contributed by atoms with E-state index in [-0.39, 0.29) is 0 Å². The molecule has 1 aliphatic heterocycles. The molecule has 7 heteroatoms. The van der Waals surface area contributed by atoms with Crippen molar-refractivity contribution in [1.29, 1.82) is 0 Å². The zero-order valence-electron chi connectivity index (χ0n) is 14.9. The van der Waals surface area contributed by atoms with Crippen molar-refractivity contribution in [2.24, 2.45) is 0 Å². The van der Waals surface area contributed by atoms with Crippen LogP contribution in [0.5, 0.6) is 5.88 Å². The van der Waals surface area contributed by atoms with Gasteiger partial charge in [0.05, 0.1) is 27.7 Å². The molecule has 27 heavy (non-hydrogen) atoms. The molecular weight excluding hydrogens is 383 g/mol. The Morgan fingerprint density at radius 3 is 2.33 bits per heavy atom. The topological polar surface area (TPSA) is 51.1 Å². The van der Waals surface area contributed by atoms with Crippen LogP contribution in [-0.4, -0.2) is 34.6 Å². The summed E-state index contributed by atoms with van der Waals surface area (Å²) in [5.41, 5.74) is 2.67. The van der Waals surface area contributed by atoms with E-state index in [1.807, 2.05) is 24.5 Å². The Morgan fingerprint density at radius 1 is 0.963 bits per heavy atom. The second-order valence-corrected chi connectivity index (χ2v) is 7.42. The molecule has 0 bridgehead atoms. The number of fused-ring (bicyclic) bond motifs is 1. The zero-order chi connectivity index (χ0) is 18.6. The van der Waals surface area contributed by atoms with Gasteiger partial charge < -0.3 is 9.64 Å². The van der Waals surface area contributed by atoms with Crippen LogP contribution in [0.25, 0.3) is 11.0 Å². The Balaban J connectivity index is 1.55. The molecule has 1 aromatic carbocycles. The molecule has 0 aliphatic carbocycles. The van der Waals surface area contributed by atoms with Gasteiger partial charge in [0, 0.05) is 25.5 Å². The molecule has 0 N–H and O–H groups in total. The summed E-state index contributed by atoms with van der Waals surface area (Å²) in [6.45, 7) is 2.51. The van der Waals surface area contributed by atoms with Crippen LogP contribution in [0.2, 0.25) is 10.0 Å². The maximum atomic E-state index is 6.15. The van der Waals surface area contributed by atoms with Crippen LogP contribution in [0.3, 0.4) is 0 Å². The van der Waals surface area contributed by atoms with E-state index in [0.29, 0.717) is 28.0 Å². The number of aryl methyl sites for hydroxylation is 1. The number of rotatable bonds is 6. The summed E-state index contributed by atoms with van der Waals surface area (Å²) in [5, 5.41) is 0.952. The molecule has 5 nitrogen and oxygen atoms in total. The molecule has 1 saturated heterocycles. The van der Waals surface area contributed by atoms with Crippen LogP contribution < -0.4 is 9.64 Å². The van der Waals surface area contributed by atoms with E-state index in [1.54, 1.807) is 12.1 Å². The van der Waals surface area contributed by atoms with Crippen LogP contribution >= 0.6 is 23.2 Å². The van der Waals surface area contributed by atoms with Crippen LogP contribution in [0.1, 0.15) is 24.8 Å². The smallest absolute Gasteiger partial charge is 0.258 e. The van der Waals surface area contributed by atoms with E-state index in [4.69, 9.17) is 32.9 Å². The van der Waals surface area contributed by atoms with Crippen LogP contribution in [0, 0.1) is 0 Å². The van der Waals surface area contributed by atoms with Crippen LogP contribution in [0.15, 0.2) is 36.7 Å². The second-order valence-electron chi connectivity index (χ2n) is 6.61. The SMILES string of the molecule is Clc1cc2nc(OCCCc3ccncc3)c(N3CCCC3)nc2cc1Cl. The first-order valence-electron chi connectivity index (χ1n) is 9.14. The number of hydrogen-bond donors (Lipinski definition) is 0. The largest absolute Gasteiger partial charge is 0.475 e. The second kappa shape index (κ2) is 8.28. The molecule has 3 aromatic rings. The molecule has 0 amide bonds. The molecule has 0 unspecified atom stereocenters. The van der Waals surface area contributed by atoms with Crippen LogP contribution in [-0.2, 0) is 6.42 Å². The predicted molar refractivity (Wildman–Crippen MR) is 109 cm³/mol. The molecule has 2 aromatic heterocycles. The fraction of sp³-hybridized carbons (Fsp3) is 0.350. The molecule has 0 spiro atoms. The lowest BCUT2D eigenvalue weighted by Gasteiger charge is -2.20. The van der Waals surface area contributed by atoms with Crippen molar-refractivity contribution in [3.05, 3.63) is 52.3 Å². The fourth-order valence-corrected chi connectivity index (χ4v) is 3.57. The quantitative estimate of drug-likeness (QED) is 0.546. The number of benzene rings is 1. The highest BCUT2D eigenvalue weighted by Crippen LogP contribution is 2.33. The Bertz CT molecular complexity index is 930. The van der Waals surface area contributed by atoms with Gasteiger partial charge in [0.1, 0.15) is 0 Å². The Hall–Kier alpha value is -2.11. The van der Waals surface area contributed by atoms with Gasteiger partial charge in [0.25, 0.3) is 5.88 Å². The number of ether oxygens (including phenoxy) is 1. The Labute approximate surface area is 168 Å². The molecule has 140 valence electrons. The maximum absolute atomic E-state index is 6.15. The average Bonchev–Trinajstić information content (AvgIpc) is 3.21. The summed E-state index contributed by atoms with van der Waals surface area (Å²) in [6, 6.07) is 7.55. The van der Waals surface area contributed by atoms with Gasteiger partial charge in [-0.05, 0) is 55.5 Å². The Morgan fingerprint density at radius 2 is 1.63 bits per heavy atom. The number of nitrogens with zero attached hydrogens (tertiary/aromatic N) is 4. The maximum Gasteiger partial charge on any atom is 0.258 e. The molecule has 1 fully saturated rings. The van der Waals surface area contributed by atoms with E-state index >= 15 is 0 Å². The highest BCUT2D eigenvalue weighted by atomic mass is 35.5. The van der Waals surface area contributed by atoms with Gasteiger partial charge in [-0.1, -0.05) is 23.2 Å². The number of halogens is 2. The van der Waals surface area contributed by atoms with Crippen LogP contribution in [0.4, 0.5) is 5.82 Å². The van der Waals surface area contributed by atoms with Crippen molar-refractivity contribution in [3.63, 3.8) is 0 Å². The molecular formula is C20H20Cl2N4O. The molecule has 0 saturated carbocycles. The van der Waals surface area contributed by atoms with Crippen molar-refractivity contribution in [3.8, 4) is 5.88 Å². The van der Waals surface area contributed by atoms with Crippen molar-refractivity contribution in [1.82, 2.24) is 15.0 Å². The zero-order valence-corrected chi connectivity index (χ0v) is 16.4. The van der Waals surface area contributed by atoms with E-state index in [0.717, 1.165) is 50.1 Å².